The Morgan fingerprint density at radius 2 is 2.05 bits per heavy atom. The number of rotatable bonds is 6. The summed E-state index contributed by atoms with van der Waals surface area (Å²) < 4.78 is 0. The summed E-state index contributed by atoms with van der Waals surface area (Å²) in [4.78, 5) is 12.6. The Morgan fingerprint density at radius 3 is 2.62 bits per heavy atom. The number of carbonyl (C=O) groups is 1. The average Bonchev–Trinajstić information content (AvgIpc) is 2.77. The number of halogens is 1. The minimum atomic E-state index is -0.487. The van der Waals surface area contributed by atoms with Gasteiger partial charge in [0.2, 0.25) is 0 Å². The van der Waals surface area contributed by atoms with E-state index in [0.717, 1.165) is 27.9 Å². The molecular weight excluding hydrogens is 326 g/mol. The first-order valence-electron chi connectivity index (χ1n) is 6.27. The lowest BCUT2D eigenvalue weighted by Crippen LogP contribution is -2.10. The van der Waals surface area contributed by atoms with E-state index in [1.165, 1.54) is 28.7 Å². The van der Waals surface area contributed by atoms with Gasteiger partial charge in [-0.05, 0) is 30.4 Å². The van der Waals surface area contributed by atoms with Gasteiger partial charge in [-0.25, -0.2) is 0 Å². The fraction of sp³-hybridized carbons (Fsp3) is 0.214. The molecule has 7 heteroatoms. The van der Waals surface area contributed by atoms with Crippen LogP contribution in [0.1, 0.15) is 15.2 Å². The number of hydrogen-bond donors (Lipinski definition) is 3. The molecule has 0 spiro atoms. The van der Waals surface area contributed by atoms with Crippen molar-refractivity contribution in [3.8, 4) is 0 Å². The first-order chi connectivity index (χ1) is 10.0. The number of thiophene rings is 1. The van der Waals surface area contributed by atoms with Gasteiger partial charge in [-0.3, -0.25) is 4.79 Å². The predicted molar refractivity (Wildman–Crippen MR) is 92.7 cm³/mol. The number of hydrogen-bond acceptors (Lipinski definition) is 5. The van der Waals surface area contributed by atoms with Crippen molar-refractivity contribution in [3.05, 3.63) is 39.7 Å². The van der Waals surface area contributed by atoms with Crippen LogP contribution in [0.15, 0.2) is 29.2 Å². The highest BCUT2D eigenvalue weighted by Crippen LogP contribution is 2.41. The van der Waals surface area contributed by atoms with E-state index in [9.17, 15) is 4.79 Å². The third-order valence-corrected chi connectivity index (χ3v) is 5.33. The molecule has 1 aromatic heterocycles. The van der Waals surface area contributed by atoms with E-state index >= 15 is 0 Å². The van der Waals surface area contributed by atoms with E-state index in [4.69, 9.17) is 23.1 Å². The van der Waals surface area contributed by atoms with E-state index in [2.05, 4.69) is 5.32 Å². The minimum Gasteiger partial charge on any atom is -0.396 e. The molecule has 0 saturated carbocycles. The maximum absolute atomic E-state index is 11.3. The summed E-state index contributed by atoms with van der Waals surface area (Å²) in [7, 11) is 0. The molecule has 4 nitrogen and oxygen atoms in total. The maximum atomic E-state index is 11.3. The van der Waals surface area contributed by atoms with Gasteiger partial charge in [-0.2, -0.15) is 0 Å². The lowest BCUT2D eigenvalue weighted by atomic mass is 10.1. The molecule has 0 aliphatic carbocycles. The Bertz CT molecular complexity index is 640. The van der Waals surface area contributed by atoms with Crippen LogP contribution >= 0.6 is 34.7 Å². The highest BCUT2D eigenvalue weighted by atomic mass is 35.5. The fourth-order valence-corrected chi connectivity index (χ4v) is 3.94. The fourth-order valence-electron chi connectivity index (χ4n) is 1.90. The second-order valence-electron chi connectivity index (χ2n) is 4.37. The molecule has 0 aliphatic rings. The average molecular weight is 342 g/mol. The summed E-state index contributed by atoms with van der Waals surface area (Å²) in [6.07, 6.45) is 2.78. The van der Waals surface area contributed by atoms with Crippen molar-refractivity contribution in [1.82, 2.24) is 0 Å². The number of carbonyl (C=O) groups excluding carboxylic acids is 1. The molecule has 0 fully saturated rings. The standard InChI is InChI=1S/C14H16ClN3OS2/c1-20-12-10(16)11(13(17)19)21-14(12)18-7-6-8-2-4-9(15)5-3-8/h2-5,18H,6-7,16H2,1H3,(H2,17,19). The maximum Gasteiger partial charge on any atom is 0.261 e. The monoisotopic (exact) mass is 341 g/mol. The molecule has 0 aliphatic heterocycles. The Balaban J connectivity index is 2.04. The summed E-state index contributed by atoms with van der Waals surface area (Å²) in [5.41, 5.74) is 12.9. The van der Waals surface area contributed by atoms with Crippen LogP contribution in [0.25, 0.3) is 0 Å². The smallest absolute Gasteiger partial charge is 0.261 e. The van der Waals surface area contributed by atoms with Crippen LogP contribution in [0.2, 0.25) is 5.02 Å². The van der Waals surface area contributed by atoms with Crippen molar-refractivity contribution in [2.75, 3.05) is 23.9 Å². The second kappa shape index (κ2) is 7.06. The van der Waals surface area contributed by atoms with Gasteiger partial charge in [0.1, 0.15) is 9.88 Å². The second-order valence-corrected chi connectivity index (χ2v) is 6.65. The number of thioether (sulfide) groups is 1. The number of nitrogens with two attached hydrogens (primary N) is 2. The largest absolute Gasteiger partial charge is 0.396 e. The molecule has 5 N–H and O–H groups in total. The Hall–Kier alpha value is -1.37. The van der Waals surface area contributed by atoms with Crippen molar-refractivity contribution < 1.29 is 4.79 Å². The van der Waals surface area contributed by atoms with E-state index < -0.39 is 5.91 Å². The van der Waals surface area contributed by atoms with Gasteiger partial charge in [-0.15, -0.1) is 23.1 Å². The number of nitrogens with one attached hydrogen (secondary N) is 1. The van der Waals surface area contributed by atoms with Crippen molar-refractivity contribution >= 4 is 51.3 Å². The summed E-state index contributed by atoms with van der Waals surface area (Å²) in [6, 6.07) is 7.74. The van der Waals surface area contributed by atoms with Gasteiger partial charge >= 0.3 is 0 Å². The molecule has 0 unspecified atom stereocenters. The normalized spacial score (nSPS) is 10.6. The Labute approximate surface area is 136 Å². The minimum absolute atomic E-state index is 0.411. The highest BCUT2D eigenvalue weighted by molar-refractivity contribution is 7.99. The molecule has 1 heterocycles. The zero-order chi connectivity index (χ0) is 15.4. The number of benzene rings is 1. The van der Waals surface area contributed by atoms with Gasteiger partial charge in [0.05, 0.1) is 10.6 Å². The quantitative estimate of drug-likeness (QED) is 0.703. The third kappa shape index (κ3) is 3.84. The summed E-state index contributed by atoms with van der Waals surface area (Å²) >= 11 is 8.67. The van der Waals surface area contributed by atoms with Crippen LogP contribution in [0.5, 0.6) is 0 Å². The lowest BCUT2D eigenvalue weighted by molar-refractivity contribution is 0.100. The van der Waals surface area contributed by atoms with Gasteiger partial charge in [0, 0.05) is 11.6 Å². The van der Waals surface area contributed by atoms with Crippen LogP contribution in [0.3, 0.4) is 0 Å². The molecule has 0 atom stereocenters. The number of nitrogen functional groups attached to an aromatic ring is 1. The third-order valence-electron chi connectivity index (χ3n) is 2.94. The summed E-state index contributed by atoms with van der Waals surface area (Å²) in [5.74, 6) is -0.487. The number of amides is 1. The molecule has 1 amide bonds. The number of primary amides is 1. The van der Waals surface area contributed by atoms with Gasteiger partial charge in [0.15, 0.2) is 0 Å². The van der Waals surface area contributed by atoms with Crippen molar-refractivity contribution in [1.29, 1.82) is 0 Å². The summed E-state index contributed by atoms with van der Waals surface area (Å²) in [5, 5.41) is 4.94. The zero-order valence-corrected chi connectivity index (χ0v) is 13.9. The van der Waals surface area contributed by atoms with Crippen molar-refractivity contribution in [3.63, 3.8) is 0 Å². The lowest BCUT2D eigenvalue weighted by Gasteiger charge is -2.06. The zero-order valence-electron chi connectivity index (χ0n) is 11.5. The van der Waals surface area contributed by atoms with Crippen LogP contribution in [-0.4, -0.2) is 18.7 Å². The molecule has 2 rings (SSSR count). The Kier molecular flexibility index (Phi) is 5.39. The van der Waals surface area contributed by atoms with Crippen LogP contribution in [0.4, 0.5) is 10.7 Å². The highest BCUT2D eigenvalue weighted by Gasteiger charge is 2.18. The molecule has 1 aromatic carbocycles. The van der Waals surface area contributed by atoms with Crippen LogP contribution in [0, 0.1) is 0 Å². The first kappa shape index (κ1) is 16.0. The van der Waals surface area contributed by atoms with E-state index in [-0.39, 0.29) is 0 Å². The Morgan fingerprint density at radius 1 is 1.38 bits per heavy atom. The number of anilines is 2. The first-order valence-corrected chi connectivity index (χ1v) is 8.69. The van der Waals surface area contributed by atoms with Gasteiger partial charge in [0.25, 0.3) is 5.91 Å². The molecule has 0 bridgehead atoms. The van der Waals surface area contributed by atoms with E-state index in [1.807, 2.05) is 30.5 Å². The molecule has 0 radical (unpaired) electrons. The van der Waals surface area contributed by atoms with Crippen LogP contribution in [-0.2, 0) is 6.42 Å². The van der Waals surface area contributed by atoms with E-state index in [1.54, 1.807) is 0 Å². The predicted octanol–water partition coefficient (Wildman–Crippen LogP) is 3.46. The molecule has 21 heavy (non-hydrogen) atoms. The summed E-state index contributed by atoms with van der Waals surface area (Å²) in [6.45, 7) is 0.743. The topological polar surface area (TPSA) is 81.1 Å². The van der Waals surface area contributed by atoms with E-state index in [0.29, 0.717) is 10.6 Å². The van der Waals surface area contributed by atoms with Gasteiger partial charge < -0.3 is 16.8 Å². The molecule has 112 valence electrons. The molecule has 0 saturated heterocycles. The van der Waals surface area contributed by atoms with Crippen molar-refractivity contribution in [2.45, 2.75) is 11.3 Å². The SMILES string of the molecule is CSc1c(NCCc2ccc(Cl)cc2)sc(C(N)=O)c1N. The molecular formula is C14H16ClN3OS2. The van der Waals surface area contributed by atoms with Crippen molar-refractivity contribution in [2.24, 2.45) is 5.73 Å². The van der Waals surface area contributed by atoms with Crippen LogP contribution < -0.4 is 16.8 Å². The van der Waals surface area contributed by atoms with Gasteiger partial charge in [-0.1, -0.05) is 23.7 Å². The molecule has 2 aromatic rings.